The summed E-state index contributed by atoms with van der Waals surface area (Å²) in [5.74, 6) is 3.05. The molecule has 3 N–H and O–H groups in total. The first-order valence-electron chi connectivity index (χ1n) is 10.9. The molecule has 4 aromatic rings. The first kappa shape index (κ1) is 25.5. The van der Waals surface area contributed by atoms with Gasteiger partial charge in [-0.1, -0.05) is 38.1 Å². The predicted octanol–water partition coefficient (Wildman–Crippen LogP) is 5.82. The fourth-order valence-electron chi connectivity index (χ4n) is 3.08. The van der Waals surface area contributed by atoms with Gasteiger partial charge in [-0.3, -0.25) is 0 Å². The Morgan fingerprint density at radius 1 is 0.943 bits per heavy atom. The molecule has 0 saturated carbocycles. The van der Waals surface area contributed by atoms with Crippen molar-refractivity contribution in [1.82, 2.24) is 15.0 Å². The molecule has 0 radical (unpaired) electrons. The summed E-state index contributed by atoms with van der Waals surface area (Å²) in [5.41, 5.74) is 5.95. The number of anilines is 4. The lowest BCUT2D eigenvalue weighted by atomic mass is 10.0. The normalized spacial score (nSPS) is 10.7. The van der Waals surface area contributed by atoms with Crippen molar-refractivity contribution in [2.24, 2.45) is 5.10 Å². The lowest BCUT2D eigenvalue weighted by Gasteiger charge is -2.10. The van der Waals surface area contributed by atoms with E-state index in [0.29, 0.717) is 30.3 Å². The van der Waals surface area contributed by atoms with Crippen LogP contribution in [0.5, 0.6) is 5.75 Å². The third-order valence-electron chi connectivity index (χ3n) is 4.96. The summed E-state index contributed by atoms with van der Waals surface area (Å²) < 4.78 is 10.6. The first-order valence-corrected chi connectivity index (χ1v) is 10.9. The van der Waals surface area contributed by atoms with Crippen LogP contribution in [0.4, 0.5) is 23.5 Å². The molecule has 0 saturated heterocycles. The van der Waals surface area contributed by atoms with Crippen LogP contribution in [0.3, 0.4) is 0 Å². The minimum absolute atomic E-state index is 0. The standard InChI is InChI=1S/C25H27N7O2.ClH/c1-17(2)19-8-6-18(7-9-19)15-27-32-25-30-23(26-16-22-5-4-14-34-22)29-24(31-25)28-20-10-12-21(33-3)13-11-20;/h4-15,17H,16H2,1-3H3,(H3,26,28,29,30,31,32);1H/b27-15+;. The topological polar surface area (TPSA) is 109 Å². The van der Waals surface area contributed by atoms with E-state index in [1.165, 1.54) is 5.56 Å². The van der Waals surface area contributed by atoms with Crippen LogP contribution in [-0.4, -0.2) is 28.3 Å². The van der Waals surface area contributed by atoms with E-state index >= 15 is 0 Å². The van der Waals surface area contributed by atoms with Crippen molar-refractivity contribution >= 4 is 42.2 Å². The number of halogens is 1. The second-order valence-electron chi connectivity index (χ2n) is 7.78. The van der Waals surface area contributed by atoms with Crippen LogP contribution in [0.25, 0.3) is 0 Å². The van der Waals surface area contributed by atoms with Crippen LogP contribution in [0.1, 0.15) is 36.7 Å². The van der Waals surface area contributed by atoms with Gasteiger partial charge in [0.1, 0.15) is 11.5 Å². The number of nitrogens with zero attached hydrogens (tertiary/aromatic N) is 4. The van der Waals surface area contributed by atoms with Crippen molar-refractivity contribution in [1.29, 1.82) is 0 Å². The average Bonchev–Trinajstić information content (AvgIpc) is 3.37. The lowest BCUT2D eigenvalue weighted by molar-refractivity contribution is 0.415. The smallest absolute Gasteiger partial charge is 0.250 e. The summed E-state index contributed by atoms with van der Waals surface area (Å²) >= 11 is 0. The van der Waals surface area contributed by atoms with Crippen LogP contribution in [0, 0.1) is 0 Å². The van der Waals surface area contributed by atoms with Gasteiger partial charge in [-0.05, 0) is 53.4 Å². The molecule has 35 heavy (non-hydrogen) atoms. The number of methoxy groups -OCH3 is 1. The summed E-state index contributed by atoms with van der Waals surface area (Å²) in [6.07, 6.45) is 3.34. The number of aromatic nitrogens is 3. The Bertz CT molecular complexity index is 1210. The van der Waals surface area contributed by atoms with Crippen LogP contribution in [-0.2, 0) is 6.54 Å². The molecule has 10 heteroatoms. The van der Waals surface area contributed by atoms with Crippen molar-refractivity contribution in [2.75, 3.05) is 23.2 Å². The Morgan fingerprint density at radius 3 is 2.31 bits per heavy atom. The molecule has 2 aromatic heterocycles. The monoisotopic (exact) mass is 493 g/mol. The van der Waals surface area contributed by atoms with E-state index < -0.39 is 0 Å². The van der Waals surface area contributed by atoms with Crippen LogP contribution >= 0.6 is 12.4 Å². The van der Waals surface area contributed by atoms with E-state index in [2.05, 4.69) is 62.1 Å². The molecule has 2 heterocycles. The fraction of sp³-hybridized carbons (Fsp3) is 0.200. The van der Waals surface area contributed by atoms with Gasteiger partial charge in [0, 0.05) is 5.69 Å². The SMILES string of the molecule is COc1ccc(Nc2nc(NCc3ccco3)nc(N/N=C/c3ccc(C(C)C)cc3)n2)cc1.Cl. The number of benzene rings is 2. The maximum absolute atomic E-state index is 5.37. The maximum Gasteiger partial charge on any atom is 0.250 e. The van der Waals surface area contributed by atoms with Crippen molar-refractivity contribution in [3.05, 3.63) is 83.8 Å². The van der Waals surface area contributed by atoms with E-state index in [0.717, 1.165) is 22.8 Å². The zero-order valence-corrected chi connectivity index (χ0v) is 20.5. The molecule has 0 spiro atoms. The molecule has 0 aliphatic carbocycles. The largest absolute Gasteiger partial charge is 0.497 e. The highest BCUT2D eigenvalue weighted by Gasteiger charge is 2.08. The number of nitrogens with one attached hydrogen (secondary N) is 3. The highest BCUT2D eigenvalue weighted by atomic mass is 35.5. The predicted molar refractivity (Wildman–Crippen MR) is 141 cm³/mol. The Morgan fingerprint density at radius 2 is 1.66 bits per heavy atom. The molecular formula is C25H28ClN7O2. The molecule has 0 fully saturated rings. The van der Waals surface area contributed by atoms with E-state index in [4.69, 9.17) is 9.15 Å². The number of rotatable bonds is 10. The number of hydrazone groups is 1. The van der Waals surface area contributed by atoms with Crippen LogP contribution in [0.15, 0.2) is 76.4 Å². The molecule has 0 aliphatic rings. The molecule has 182 valence electrons. The second kappa shape index (κ2) is 12.4. The Kier molecular flexibility index (Phi) is 9.02. The fourth-order valence-corrected chi connectivity index (χ4v) is 3.08. The van der Waals surface area contributed by atoms with E-state index in [9.17, 15) is 0 Å². The highest BCUT2D eigenvalue weighted by molar-refractivity contribution is 5.85. The van der Waals surface area contributed by atoms with Gasteiger partial charge >= 0.3 is 0 Å². The Hall–Kier alpha value is -4.11. The number of ether oxygens (including phenoxy) is 1. The zero-order chi connectivity index (χ0) is 23.8. The minimum atomic E-state index is 0. The molecule has 0 unspecified atom stereocenters. The van der Waals surface area contributed by atoms with Gasteiger partial charge in [0.2, 0.25) is 17.8 Å². The second-order valence-corrected chi connectivity index (χ2v) is 7.78. The van der Waals surface area contributed by atoms with E-state index in [1.54, 1.807) is 19.6 Å². The Balaban J connectivity index is 0.00000342. The van der Waals surface area contributed by atoms with Gasteiger partial charge in [0.05, 0.1) is 26.1 Å². The summed E-state index contributed by atoms with van der Waals surface area (Å²) in [5, 5.41) is 10.6. The molecule has 0 aliphatic heterocycles. The molecule has 4 rings (SSSR count). The molecule has 2 aromatic carbocycles. The van der Waals surface area contributed by atoms with Crippen LogP contribution < -0.4 is 20.8 Å². The summed E-state index contributed by atoms with van der Waals surface area (Å²) in [6.45, 7) is 4.77. The zero-order valence-electron chi connectivity index (χ0n) is 19.7. The summed E-state index contributed by atoms with van der Waals surface area (Å²) in [4.78, 5) is 13.3. The third kappa shape index (κ3) is 7.44. The number of furan rings is 1. The first-order chi connectivity index (χ1) is 16.6. The molecule has 0 bridgehead atoms. The third-order valence-corrected chi connectivity index (χ3v) is 4.96. The minimum Gasteiger partial charge on any atom is -0.497 e. The molecular weight excluding hydrogens is 466 g/mol. The van der Waals surface area contributed by atoms with Gasteiger partial charge in [-0.25, -0.2) is 5.43 Å². The maximum atomic E-state index is 5.37. The van der Waals surface area contributed by atoms with Gasteiger partial charge in [-0.15, -0.1) is 12.4 Å². The van der Waals surface area contributed by atoms with E-state index in [1.807, 2.05) is 48.5 Å². The van der Waals surface area contributed by atoms with Crippen molar-refractivity contribution in [3.63, 3.8) is 0 Å². The number of hydrogen-bond acceptors (Lipinski definition) is 9. The van der Waals surface area contributed by atoms with Gasteiger partial charge in [-0.2, -0.15) is 20.1 Å². The van der Waals surface area contributed by atoms with Crippen molar-refractivity contribution < 1.29 is 9.15 Å². The van der Waals surface area contributed by atoms with Gasteiger partial charge in [0.25, 0.3) is 0 Å². The molecule has 0 atom stereocenters. The number of hydrogen-bond donors (Lipinski definition) is 3. The Labute approximate surface area is 210 Å². The van der Waals surface area contributed by atoms with Crippen molar-refractivity contribution in [3.8, 4) is 5.75 Å². The molecule has 9 nitrogen and oxygen atoms in total. The summed E-state index contributed by atoms with van der Waals surface area (Å²) in [6, 6.07) is 19.4. The highest BCUT2D eigenvalue weighted by Crippen LogP contribution is 2.20. The van der Waals surface area contributed by atoms with Crippen molar-refractivity contribution in [2.45, 2.75) is 26.3 Å². The van der Waals surface area contributed by atoms with Crippen LogP contribution in [0.2, 0.25) is 0 Å². The van der Waals surface area contributed by atoms with Gasteiger partial charge < -0.3 is 19.8 Å². The lowest BCUT2D eigenvalue weighted by Crippen LogP contribution is -2.09. The average molecular weight is 494 g/mol. The summed E-state index contributed by atoms with van der Waals surface area (Å²) in [7, 11) is 1.63. The quantitative estimate of drug-likeness (QED) is 0.187. The van der Waals surface area contributed by atoms with Gasteiger partial charge in [0.15, 0.2) is 0 Å². The molecule has 0 amide bonds. The van der Waals surface area contributed by atoms with E-state index in [-0.39, 0.29) is 12.4 Å².